The van der Waals surface area contributed by atoms with Gasteiger partial charge < -0.3 is 11.1 Å². The number of carbonyl (C=O) groups excluding carboxylic acids is 1. The van der Waals surface area contributed by atoms with Gasteiger partial charge in [0.1, 0.15) is 0 Å². The van der Waals surface area contributed by atoms with Crippen LogP contribution in [-0.4, -0.2) is 26.4 Å². The number of aryl methyl sites for hydroxylation is 1. The summed E-state index contributed by atoms with van der Waals surface area (Å²) in [6, 6.07) is 14.0. The maximum atomic E-state index is 12.5. The fourth-order valence-corrected chi connectivity index (χ4v) is 4.68. The van der Waals surface area contributed by atoms with Crippen molar-refractivity contribution in [1.82, 2.24) is 5.32 Å². The van der Waals surface area contributed by atoms with Crippen molar-refractivity contribution in [2.24, 2.45) is 5.73 Å². The van der Waals surface area contributed by atoms with Gasteiger partial charge in [0.05, 0.1) is 10.6 Å². The smallest absolute Gasteiger partial charge is 0.251 e. The molecule has 2 aromatic carbocycles. The van der Waals surface area contributed by atoms with Gasteiger partial charge in [-0.3, -0.25) is 4.79 Å². The summed E-state index contributed by atoms with van der Waals surface area (Å²) in [7, 11) is -3.40. The lowest BCUT2D eigenvalue weighted by molar-refractivity contribution is 0.0926. The normalized spacial score (nSPS) is 20.2. The summed E-state index contributed by atoms with van der Waals surface area (Å²) in [6.07, 6.45) is 3.67. The zero-order chi connectivity index (χ0) is 19.4. The fourth-order valence-electron chi connectivity index (χ4n) is 3.33. The molecule has 2 aromatic rings. The van der Waals surface area contributed by atoms with Crippen LogP contribution in [0, 0.1) is 6.92 Å². The summed E-state index contributed by atoms with van der Waals surface area (Å²) in [5.41, 5.74) is 8.12. The van der Waals surface area contributed by atoms with Gasteiger partial charge in [0, 0.05) is 17.6 Å². The van der Waals surface area contributed by atoms with Crippen molar-refractivity contribution in [3.05, 3.63) is 65.2 Å². The summed E-state index contributed by atoms with van der Waals surface area (Å²) in [4.78, 5) is 12.7. The van der Waals surface area contributed by atoms with E-state index >= 15 is 0 Å². The van der Waals surface area contributed by atoms with Crippen LogP contribution in [-0.2, 0) is 15.6 Å². The first-order valence-corrected chi connectivity index (χ1v) is 10.9. The second-order valence-electron chi connectivity index (χ2n) is 7.35. The minimum Gasteiger partial charge on any atom is -0.349 e. The minimum atomic E-state index is -3.40. The van der Waals surface area contributed by atoms with Gasteiger partial charge in [-0.1, -0.05) is 29.8 Å². The first-order valence-electron chi connectivity index (χ1n) is 9.28. The number of nitrogens with one attached hydrogen (secondary N) is 1. The largest absolute Gasteiger partial charge is 0.349 e. The predicted molar refractivity (Wildman–Crippen MR) is 106 cm³/mol. The zero-order valence-electron chi connectivity index (χ0n) is 15.5. The van der Waals surface area contributed by atoms with Crippen molar-refractivity contribution in [3.8, 4) is 0 Å². The molecule has 1 fully saturated rings. The van der Waals surface area contributed by atoms with E-state index in [0.717, 1.165) is 31.2 Å². The van der Waals surface area contributed by atoms with Gasteiger partial charge in [-0.25, -0.2) is 8.42 Å². The number of sulfone groups is 1. The molecule has 0 heterocycles. The highest BCUT2D eigenvalue weighted by Crippen LogP contribution is 2.19. The van der Waals surface area contributed by atoms with Crippen LogP contribution in [0.4, 0.5) is 0 Å². The van der Waals surface area contributed by atoms with Gasteiger partial charge in [0.2, 0.25) is 0 Å². The van der Waals surface area contributed by atoms with Gasteiger partial charge in [0.15, 0.2) is 9.84 Å². The molecule has 0 atom stereocenters. The third kappa shape index (κ3) is 5.17. The summed E-state index contributed by atoms with van der Waals surface area (Å²) < 4.78 is 25.1. The Labute approximate surface area is 160 Å². The molecule has 6 heteroatoms. The molecular weight excluding hydrogens is 360 g/mol. The predicted octanol–water partition coefficient (Wildman–Crippen LogP) is 2.97. The van der Waals surface area contributed by atoms with Crippen LogP contribution in [0.25, 0.3) is 0 Å². The highest BCUT2D eigenvalue weighted by molar-refractivity contribution is 7.90. The van der Waals surface area contributed by atoms with Crippen LogP contribution < -0.4 is 11.1 Å². The fraction of sp³-hybridized carbons (Fsp3) is 0.381. The van der Waals surface area contributed by atoms with Crippen LogP contribution in [0.1, 0.15) is 47.2 Å². The number of benzene rings is 2. The van der Waals surface area contributed by atoms with Crippen molar-refractivity contribution in [2.45, 2.75) is 55.3 Å². The average Bonchev–Trinajstić information content (AvgIpc) is 2.64. The monoisotopic (exact) mass is 386 g/mol. The second-order valence-corrected chi connectivity index (χ2v) is 9.34. The molecular formula is C21H26N2O3S. The third-order valence-electron chi connectivity index (χ3n) is 5.06. The SMILES string of the molecule is Cc1ccc(S(=O)(=O)Cc2ccc(C(=O)NC3CCC(N)CC3)cc2)cc1. The lowest BCUT2D eigenvalue weighted by Crippen LogP contribution is -2.40. The standard InChI is InChI=1S/C21H26N2O3S/c1-15-2-12-20(13-3-15)27(25,26)14-16-4-6-17(7-5-16)21(24)23-19-10-8-18(22)9-11-19/h2-7,12-13,18-19H,8-11,14,22H2,1H3,(H,23,24). The van der Waals surface area contributed by atoms with E-state index in [-0.39, 0.29) is 23.7 Å². The van der Waals surface area contributed by atoms with E-state index in [4.69, 9.17) is 5.73 Å². The second kappa shape index (κ2) is 8.23. The van der Waals surface area contributed by atoms with E-state index in [0.29, 0.717) is 16.0 Å². The molecule has 0 saturated heterocycles. The lowest BCUT2D eigenvalue weighted by Gasteiger charge is -2.26. The highest BCUT2D eigenvalue weighted by Gasteiger charge is 2.21. The van der Waals surface area contributed by atoms with Gasteiger partial charge >= 0.3 is 0 Å². The van der Waals surface area contributed by atoms with Gasteiger partial charge in [0.25, 0.3) is 5.91 Å². The quantitative estimate of drug-likeness (QED) is 0.827. The Balaban J connectivity index is 1.63. The van der Waals surface area contributed by atoms with Crippen LogP contribution in [0.15, 0.2) is 53.4 Å². The molecule has 1 aliphatic carbocycles. The highest BCUT2D eigenvalue weighted by atomic mass is 32.2. The molecule has 0 aromatic heterocycles. The molecule has 3 N–H and O–H groups in total. The minimum absolute atomic E-state index is 0.0848. The van der Waals surface area contributed by atoms with Gasteiger partial charge in [-0.15, -0.1) is 0 Å². The summed E-state index contributed by atoms with van der Waals surface area (Å²) >= 11 is 0. The topological polar surface area (TPSA) is 89.3 Å². The first-order chi connectivity index (χ1) is 12.8. The molecule has 0 unspecified atom stereocenters. The van der Waals surface area contributed by atoms with Crippen LogP contribution in [0.2, 0.25) is 0 Å². The average molecular weight is 387 g/mol. The molecule has 1 saturated carbocycles. The van der Waals surface area contributed by atoms with E-state index in [1.165, 1.54) is 0 Å². The van der Waals surface area contributed by atoms with Crippen LogP contribution in [0.3, 0.4) is 0 Å². The first kappa shape index (κ1) is 19.6. The summed E-state index contributed by atoms with van der Waals surface area (Å²) in [6.45, 7) is 1.92. The summed E-state index contributed by atoms with van der Waals surface area (Å²) in [5, 5.41) is 3.04. The maximum Gasteiger partial charge on any atom is 0.251 e. The van der Waals surface area contributed by atoms with E-state index in [9.17, 15) is 13.2 Å². The Bertz CT molecular complexity index is 882. The third-order valence-corrected chi connectivity index (χ3v) is 6.76. The van der Waals surface area contributed by atoms with Gasteiger partial charge in [-0.2, -0.15) is 0 Å². The van der Waals surface area contributed by atoms with E-state index in [2.05, 4.69) is 5.32 Å². The Morgan fingerprint density at radius 3 is 2.19 bits per heavy atom. The maximum absolute atomic E-state index is 12.5. The van der Waals surface area contributed by atoms with Crippen molar-refractivity contribution in [3.63, 3.8) is 0 Å². The van der Waals surface area contributed by atoms with Crippen molar-refractivity contribution in [2.75, 3.05) is 0 Å². The van der Waals surface area contributed by atoms with Crippen molar-refractivity contribution in [1.29, 1.82) is 0 Å². The summed E-state index contributed by atoms with van der Waals surface area (Å²) in [5.74, 6) is -0.207. The number of rotatable bonds is 5. The molecule has 5 nitrogen and oxygen atoms in total. The molecule has 0 bridgehead atoms. The molecule has 1 amide bonds. The Morgan fingerprint density at radius 2 is 1.59 bits per heavy atom. The van der Waals surface area contributed by atoms with Crippen molar-refractivity contribution >= 4 is 15.7 Å². The number of amides is 1. The molecule has 144 valence electrons. The van der Waals surface area contributed by atoms with E-state index < -0.39 is 9.84 Å². The molecule has 0 aliphatic heterocycles. The Morgan fingerprint density at radius 1 is 1.00 bits per heavy atom. The van der Waals surface area contributed by atoms with Crippen molar-refractivity contribution < 1.29 is 13.2 Å². The van der Waals surface area contributed by atoms with E-state index in [1.54, 1.807) is 48.5 Å². The molecule has 0 spiro atoms. The van der Waals surface area contributed by atoms with Gasteiger partial charge in [-0.05, 0) is 62.4 Å². The molecule has 27 heavy (non-hydrogen) atoms. The Kier molecular flexibility index (Phi) is 5.97. The van der Waals surface area contributed by atoms with Crippen LogP contribution in [0.5, 0.6) is 0 Å². The molecule has 3 rings (SSSR count). The van der Waals surface area contributed by atoms with Crippen LogP contribution >= 0.6 is 0 Å². The zero-order valence-corrected chi connectivity index (χ0v) is 16.3. The van der Waals surface area contributed by atoms with E-state index in [1.807, 2.05) is 6.92 Å². The number of nitrogens with two attached hydrogens (primary N) is 1. The lowest BCUT2D eigenvalue weighted by atomic mass is 9.91. The number of hydrogen-bond acceptors (Lipinski definition) is 4. The molecule has 0 radical (unpaired) electrons. The molecule has 1 aliphatic rings. The number of carbonyl (C=O) groups is 1. The number of hydrogen-bond donors (Lipinski definition) is 2. The Hall–Kier alpha value is -2.18.